The summed E-state index contributed by atoms with van der Waals surface area (Å²) in [7, 11) is 0. The number of hydrogen-bond acceptors (Lipinski definition) is 6. The molecular formula is C25H19FN2O4S. The zero-order valence-electron chi connectivity index (χ0n) is 17.4. The van der Waals surface area contributed by atoms with Crippen molar-refractivity contribution in [3.8, 4) is 27.8 Å². The van der Waals surface area contributed by atoms with Crippen molar-refractivity contribution in [2.75, 3.05) is 6.79 Å². The number of nitrogens with one attached hydrogen (secondary N) is 1. The van der Waals surface area contributed by atoms with E-state index in [1.807, 2.05) is 42.5 Å². The Morgan fingerprint density at radius 3 is 2.70 bits per heavy atom. The van der Waals surface area contributed by atoms with E-state index in [2.05, 4.69) is 10.3 Å². The number of ether oxygens (including phenoxy) is 3. The monoisotopic (exact) mass is 462 g/mol. The van der Waals surface area contributed by atoms with Crippen LogP contribution in [-0.2, 0) is 13.2 Å². The molecule has 5 rings (SSSR count). The zero-order valence-corrected chi connectivity index (χ0v) is 18.2. The minimum Gasteiger partial charge on any atom is -0.488 e. The fourth-order valence-electron chi connectivity index (χ4n) is 3.34. The van der Waals surface area contributed by atoms with E-state index in [9.17, 15) is 9.18 Å². The molecule has 4 aromatic rings. The van der Waals surface area contributed by atoms with Crippen LogP contribution in [0.1, 0.15) is 21.6 Å². The maximum atomic E-state index is 13.1. The first-order valence-electron chi connectivity index (χ1n) is 10.2. The van der Waals surface area contributed by atoms with Gasteiger partial charge in [-0.2, -0.15) is 0 Å². The highest BCUT2D eigenvalue weighted by Crippen LogP contribution is 2.33. The standard InChI is InChI=1S/C25H19FN2O4S/c26-18-8-5-16(6-9-18)13-30-21-4-2-1-3-19(21)25-28-20(14-33-25)24(29)27-12-17-7-10-22-23(11-17)32-15-31-22/h1-11,14H,12-13,15H2,(H,27,29). The maximum Gasteiger partial charge on any atom is 0.271 e. The predicted molar refractivity (Wildman–Crippen MR) is 122 cm³/mol. The van der Waals surface area contributed by atoms with Crippen LogP contribution < -0.4 is 19.5 Å². The van der Waals surface area contributed by atoms with Crippen LogP contribution in [-0.4, -0.2) is 17.7 Å². The number of carbonyl (C=O) groups is 1. The first-order chi connectivity index (χ1) is 16.2. The van der Waals surface area contributed by atoms with Crippen LogP contribution in [0.3, 0.4) is 0 Å². The lowest BCUT2D eigenvalue weighted by Crippen LogP contribution is -2.23. The van der Waals surface area contributed by atoms with Crippen molar-refractivity contribution in [3.05, 3.63) is 94.7 Å². The molecule has 1 amide bonds. The van der Waals surface area contributed by atoms with E-state index >= 15 is 0 Å². The van der Waals surface area contributed by atoms with Crippen molar-refractivity contribution < 1.29 is 23.4 Å². The van der Waals surface area contributed by atoms with Gasteiger partial charge in [-0.15, -0.1) is 11.3 Å². The van der Waals surface area contributed by atoms with Crippen molar-refractivity contribution in [2.45, 2.75) is 13.2 Å². The summed E-state index contributed by atoms with van der Waals surface area (Å²) in [5, 5.41) is 5.29. The van der Waals surface area contributed by atoms with Crippen LogP contribution in [0.5, 0.6) is 17.2 Å². The topological polar surface area (TPSA) is 69.7 Å². The summed E-state index contributed by atoms with van der Waals surface area (Å²) >= 11 is 1.37. The molecule has 166 valence electrons. The summed E-state index contributed by atoms with van der Waals surface area (Å²) in [6.45, 7) is 0.854. The number of amides is 1. The first-order valence-corrected chi connectivity index (χ1v) is 11.1. The summed E-state index contributed by atoms with van der Waals surface area (Å²) in [6.07, 6.45) is 0. The third kappa shape index (κ3) is 4.80. The minimum atomic E-state index is -0.286. The Kier molecular flexibility index (Phi) is 5.91. The molecule has 0 fully saturated rings. The Bertz CT molecular complexity index is 1290. The van der Waals surface area contributed by atoms with Crippen LogP contribution in [0.15, 0.2) is 72.1 Å². The lowest BCUT2D eigenvalue weighted by Gasteiger charge is -2.10. The Balaban J connectivity index is 1.25. The summed E-state index contributed by atoms with van der Waals surface area (Å²) < 4.78 is 29.7. The van der Waals surface area contributed by atoms with Gasteiger partial charge in [0.05, 0.1) is 5.56 Å². The normalized spacial score (nSPS) is 11.9. The highest BCUT2D eigenvalue weighted by Gasteiger charge is 2.16. The maximum absolute atomic E-state index is 13.1. The number of aromatic nitrogens is 1. The smallest absolute Gasteiger partial charge is 0.271 e. The molecule has 0 radical (unpaired) electrons. The Morgan fingerprint density at radius 1 is 1.03 bits per heavy atom. The number of halogens is 1. The number of hydrogen-bond donors (Lipinski definition) is 1. The third-order valence-corrected chi connectivity index (χ3v) is 5.93. The van der Waals surface area contributed by atoms with Crippen LogP contribution in [0.2, 0.25) is 0 Å². The molecule has 0 aliphatic carbocycles. The molecule has 0 atom stereocenters. The Labute approximate surface area is 193 Å². The van der Waals surface area contributed by atoms with E-state index in [1.54, 1.807) is 17.5 Å². The van der Waals surface area contributed by atoms with Gasteiger partial charge in [-0.3, -0.25) is 4.79 Å². The molecule has 0 spiro atoms. The van der Waals surface area contributed by atoms with Crippen molar-refractivity contribution in [1.82, 2.24) is 10.3 Å². The van der Waals surface area contributed by atoms with Gasteiger partial charge in [0.2, 0.25) is 6.79 Å². The number of rotatable bonds is 7. The van der Waals surface area contributed by atoms with Crippen molar-refractivity contribution in [1.29, 1.82) is 0 Å². The highest BCUT2D eigenvalue weighted by molar-refractivity contribution is 7.13. The van der Waals surface area contributed by atoms with Crippen LogP contribution in [0, 0.1) is 5.82 Å². The SMILES string of the molecule is O=C(NCc1ccc2c(c1)OCO2)c1csc(-c2ccccc2OCc2ccc(F)cc2)n1. The van der Waals surface area contributed by atoms with Gasteiger partial charge in [-0.05, 0) is 47.5 Å². The summed E-state index contributed by atoms with van der Waals surface area (Å²) in [6, 6.07) is 19.2. The molecule has 0 saturated carbocycles. The Hall–Kier alpha value is -3.91. The molecule has 1 aliphatic rings. The predicted octanol–water partition coefficient (Wildman–Crippen LogP) is 5.19. The number of fused-ring (bicyclic) bond motifs is 1. The van der Waals surface area contributed by atoms with Gasteiger partial charge in [-0.25, -0.2) is 9.37 Å². The van der Waals surface area contributed by atoms with Crippen molar-refractivity contribution >= 4 is 17.2 Å². The molecule has 8 heteroatoms. The molecular weight excluding hydrogens is 443 g/mol. The van der Waals surface area contributed by atoms with Gasteiger partial charge >= 0.3 is 0 Å². The van der Waals surface area contributed by atoms with Gasteiger partial charge in [0.15, 0.2) is 11.5 Å². The van der Waals surface area contributed by atoms with E-state index in [4.69, 9.17) is 14.2 Å². The molecule has 6 nitrogen and oxygen atoms in total. The number of para-hydroxylation sites is 1. The van der Waals surface area contributed by atoms with E-state index in [0.717, 1.165) is 16.7 Å². The van der Waals surface area contributed by atoms with E-state index in [-0.39, 0.29) is 18.5 Å². The van der Waals surface area contributed by atoms with Gasteiger partial charge in [0.25, 0.3) is 5.91 Å². The number of thiazole rings is 1. The molecule has 1 N–H and O–H groups in total. The lowest BCUT2D eigenvalue weighted by molar-refractivity contribution is 0.0946. The van der Waals surface area contributed by atoms with Crippen molar-refractivity contribution in [3.63, 3.8) is 0 Å². The Morgan fingerprint density at radius 2 is 1.82 bits per heavy atom. The minimum absolute atomic E-state index is 0.210. The highest BCUT2D eigenvalue weighted by atomic mass is 32.1. The van der Waals surface area contributed by atoms with E-state index in [1.165, 1.54) is 23.5 Å². The van der Waals surface area contributed by atoms with Crippen LogP contribution in [0.4, 0.5) is 4.39 Å². The fourth-order valence-corrected chi connectivity index (χ4v) is 4.17. The van der Waals surface area contributed by atoms with Gasteiger partial charge in [0.1, 0.15) is 28.9 Å². The molecule has 0 unspecified atom stereocenters. The quantitative estimate of drug-likeness (QED) is 0.410. The van der Waals surface area contributed by atoms with Crippen LogP contribution in [0.25, 0.3) is 10.6 Å². The fraction of sp³-hybridized carbons (Fsp3) is 0.120. The summed E-state index contributed by atoms with van der Waals surface area (Å²) in [5.74, 6) is 1.47. The third-order valence-electron chi connectivity index (χ3n) is 5.05. The molecule has 2 heterocycles. The summed E-state index contributed by atoms with van der Waals surface area (Å²) in [4.78, 5) is 17.1. The van der Waals surface area contributed by atoms with Crippen LogP contribution >= 0.6 is 11.3 Å². The molecule has 3 aromatic carbocycles. The molecule has 1 aromatic heterocycles. The largest absolute Gasteiger partial charge is 0.488 e. The van der Waals surface area contributed by atoms with Gasteiger partial charge in [-0.1, -0.05) is 30.3 Å². The second-order valence-corrected chi connectivity index (χ2v) is 8.18. The molecule has 0 bridgehead atoms. The zero-order chi connectivity index (χ0) is 22.6. The number of carbonyl (C=O) groups excluding carboxylic acids is 1. The first kappa shape index (κ1) is 21.0. The van der Waals surface area contributed by atoms with Gasteiger partial charge in [0, 0.05) is 11.9 Å². The average Bonchev–Trinajstić information content (AvgIpc) is 3.52. The van der Waals surface area contributed by atoms with Gasteiger partial charge < -0.3 is 19.5 Å². The molecule has 33 heavy (non-hydrogen) atoms. The molecule has 0 saturated heterocycles. The lowest BCUT2D eigenvalue weighted by atomic mass is 10.2. The average molecular weight is 463 g/mol. The number of nitrogens with zero attached hydrogens (tertiary/aromatic N) is 1. The molecule has 1 aliphatic heterocycles. The summed E-state index contributed by atoms with van der Waals surface area (Å²) in [5.41, 5.74) is 2.89. The van der Waals surface area contributed by atoms with E-state index < -0.39 is 0 Å². The second kappa shape index (κ2) is 9.30. The van der Waals surface area contributed by atoms with Crippen molar-refractivity contribution in [2.24, 2.45) is 0 Å². The second-order valence-electron chi connectivity index (χ2n) is 7.32. The number of benzene rings is 3. The van der Waals surface area contributed by atoms with E-state index in [0.29, 0.717) is 41.1 Å².